The number of carbonyl (C=O) groups excluding carboxylic acids is 7. The highest BCUT2D eigenvalue weighted by Crippen LogP contribution is 2.16. The Bertz CT molecular complexity index is 1810. The molecule has 26 heteroatoms. The van der Waals surface area contributed by atoms with E-state index in [-0.39, 0.29) is 122 Å². The summed E-state index contributed by atoms with van der Waals surface area (Å²) in [5, 5.41) is 61.8. The average Bonchev–Trinajstić information content (AvgIpc) is 3.41. The van der Waals surface area contributed by atoms with Crippen molar-refractivity contribution >= 4 is 65.0 Å². The second-order valence-electron chi connectivity index (χ2n) is 19.5. The molecule has 0 saturated carbocycles. The molecule has 0 aromatic heterocycles. The quantitative estimate of drug-likeness (QED) is 0.0389. The van der Waals surface area contributed by atoms with Gasteiger partial charge in [0, 0.05) is 58.2 Å². The summed E-state index contributed by atoms with van der Waals surface area (Å²) in [5.74, 6) is -9.06. The largest absolute Gasteiger partial charge is 0.481 e. The lowest BCUT2D eigenvalue weighted by Crippen LogP contribution is -2.43. The Balaban J connectivity index is 3.98. The first-order chi connectivity index (χ1) is 38.4. The van der Waals surface area contributed by atoms with Gasteiger partial charge in [0.2, 0.25) is 29.5 Å². The predicted molar refractivity (Wildman–Crippen MR) is 290 cm³/mol. The number of unbranched alkanes of at least 4 members (excludes halogenated alkanes) is 14. The Kier molecular flexibility index (Phi) is 46.7. The molecule has 0 unspecified atom stereocenters. The van der Waals surface area contributed by atoms with Crippen LogP contribution in [0.4, 0.5) is 0 Å². The molecular weight excluding hydrogens is 1050 g/mol. The molecular formula is C54H94N6O20. The van der Waals surface area contributed by atoms with Gasteiger partial charge in [0.15, 0.2) is 5.78 Å². The van der Waals surface area contributed by atoms with Crippen LogP contribution in [0, 0.1) is 5.92 Å². The number of carboxylic acids is 4. The van der Waals surface area contributed by atoms with E-state index in [1.54, 1.807) is 7.05 Å². The number of likely N-dealkylation sites (N-methyl/N-ethyl adjacent to an activating group) is 1. The molecule has 11 N–H and O–H groups in total. The fourth-order valence-electron chi connectivity index (χ4n) is 8.08. The van der Waals surface area contributed by atoms with Gasteiger partial charge < -0.3 is 76.4 Å². The van der Waals surface area contributed by atoms with Crippen LogP contribution in [0.3, 0.4) is 0 Å². The van der Waals surface area contributed by atoms with Crippen LogP contribution in [0.5, 0.6) is 0 Å². The van der Waals surface area contributed by atoms with Crippen LogP contribution < -0.4 is 31.9 Å². The van der Waals surface area contributed by atoms with E-state index in [9.17, 15) is 68.1 Å². The number of nitrogens with one attached hydrogen (secondary N) is 6. The molecule has 0 saturated heterocycles. The van der Waals surface area contributed by atoms with Gasteiger partial charge in [-0.15, -0.1) is 0 Å². The summed E-state index contributed by atoms with van der Waals surface area (Å²) >= 11 is 0. The normalized spacial score (nSPS) is 12.6. The van der Waals surface area contributed by atoms with Crippen molar-refractivity contribution in [3.05, 3.63) is 0 Å². The molecule has 4 atom stereocenters. The third kappa shape index (κ3) is 45.1. The summed E-state index contributed by atoms with van der Waals surface area (Å²) in [6.07, 6.45) is 15.3. The summed E-state index contributed by atoms with van der Waals surface area (Å²) in [7, 11) is 1.60. The van der Waals surface area contributed by atoms with Gasteiger partial charge in [-0.3, -0.25) is 43.2 Å². The SMILES string of the molecule is CN[C@@H](CCCCNC(=O)CC[C@H](CC(=O)CC[C@@H](NC(=O)COCCOCCNC(=O)COCCOCCNC(=O)CC[C@H](NC(=O)CCCCCCCCCCCCCCCCC(=O)O)C(=O)O)C(=O)O)C(=O)O)C(=O)CO. The van der Waals surface area contributed by atoms with E-state index in [1.807, 2.05) is 0 Å². The highest BCUT2D eigenvalue weighted by molar-refractivity contribution is 5.87. The lowest BCUT2D eigenvalue weighted by molar-refractivity contribution is -0.145. The predicted octanol–water partition coefficient (Wildman–Crippen LogP) is 2.19. The first-order valence-electron chi connectivity index (χ1n) is 28.3. The number of amides is 5. The Labute approximate surface area is 470 Å². The third-order valence-corrected chi connectivity index (χ3v) is 12.7. The molecule has 0 aromatic carbocycles. The second-order valence-corrected chi connectivity index (χ2v) is 19.5. The Morgan fingerprint density at radius 1 is 0.388 bits per heavy atom. The Morgan fingerprint density at radius 2 is 0.825 bits per heavy atom. The number of aliphatic hydroxyl groups is 1. The molecule has 0 aliphatic carbocycles. The number of carboxylic acid groups (broad SMARTS) is 4. The molecule has 26 nitrogen and oxygen atoms in total. The topological polar surface area (TPSA) is 398 Å². The van der Waals surface area contributed by atoms with Crippen molar-refractivity contribution in [1.29, 1.82) is 0 Å². The smallest absolute Gasteiger partial charge is 0.326 e. The van der Waals surface area contributed by atoms with Gasteiger partial charge in [0.05, 0.1) is 51.6 Å². The van der Waals surface area contributed by atoms with Crippen molar-refractivity contribution < 1.29 is 97.2 Å². The van der Waals surface area contributed by atoms with Gasteiger partial charge in [0.25, 0.3) is 0 Å². The van der Waals surface area contributed by atoms with Crippen LogP contribution in [-0.2, 0) is 71.7 Å². The minimum Gasteiger partial charge on any atom is -0.481 e. The van der Waals surface area contributed by atoms with Crippen molar-refractivity contribution in [1.82, 2.24) is 31.9 Å². The lowest BCUT2D eigenvalue weighted by Gasteiger charge is -2.16. The zero-order valence-corrected chi connectivity index (χ0v) is 47.0. The number of ether oxygens (including phenoxy) is 4. The molecule has 0 aliphatic rings. The van der Waals surface area contributed by atoms with E-state index in [1.165, 1.54) is 32.1 Å². The van der Waals surface area contributed by atoms with Crippen molar-refractivity contribution in [2.24, 2.45) is 5.92 Å². The van der Waals surface area contributed by atoms with Gasteiger partial charge in [-0.05, 0) is 58.4 Å². The summed E-state index contributed by atoms with van der Waals surface area (Å²) in [6, 6.07) is -3.12. The molecule has 460 valence electrons. The maximum Gasteiger partial charge on any atom is 0.326 e. The second kappa shape index (κ2) is 50.3. The number of aliphatic carboxylic acids is 4. The standard InChI is InChI=1S/C54H94N6O20/c1-55-42(45(63)37-61)18-16-17-27-56-46(64)25-21-40(52(71)72)36-41(62)22-23-43(53(73)74)60-50(68)39-80-35-33-78-31-29-58-49(67)38-79-34-32-77-30-28-57-47(65)26-24-44(54(75)76)59-48(66)19-14-12-10-8-6-4-2-3-5-7-9-11-13-15-20-51(69)70/h40,42-44,55,61H,2-39H2,1H3,(H,56,64)(H,57,65)(H,58,67)(H,59,66)(H,60,68)(H,69,70)(H,71,72)(H,73,74)(H,75,76)/t40-,42+,43-,44+/m1/s1. The molecule has 0 rings (SSSR count). The van der Waals surface area contributed by atoms with Gasteiger partial charge in [0.1, 0.15) is 37.7 Å². The fourth-order valence-corrected chi connectivity index (χ4v) is 8.08. The molecule has 5 amide bonds. The monoisotopic (exact) mass is 1150 g/mol. The molecule has 0 spiro atoms. The van der Waals surface area contributed by atoms with Crippen molar-refractivity contribution in [2.75, 3.05) is 86.1 Å². The van der Waals surface area contributed by atoms with E-state index in [4.69, 9.17) is 29.2 Å². The lowest BCUT2D eigenvalue weighted by atomic mass is 9.94. The summed E-state index contributed by atoms with van der Waals surface area (Å²) in [4.78, 5) is 131. The summed E-state index contributed by atoms with van der Waals surface area (Å²) < 4.78 is 21.2. The average molecular weight is 1150 g/mol. The minimum atomic E-state index is -1.45. The van der Waals surface area contributed by atoms with Crippen molar-refractivity contribution in [3.8, 4) is 0 Å². The first-order valence-corrected chi connectivity index (χ1v) is 28.3. The van der Waals surface area contributed by atoms with Crippen LogP contribution in [0.15, 0.2) is 0 Å². The number of rotatable bonds is 57. The third-order valence-electron chi connectivity index (χ3n) is 12.7. The minimum absolute atomic E-state index is 0.0399. The molecule has 0 aromatic rings. The van der Waals surface area contributed by atoms with Crippen LogP contribution in [-0.4, -0.2) is 195 Å². The van der Waals surface area contributed by atoms with Gasteiger partial charge >= 0.3 is 23.9 Å². The fraction of sp³-hybridized carbons (Fsp3) is 0.796. The number of hydrogen-bond donors (Lipinski definition) is 11. The maximum absolute atomic E-state index is 12.6. The Hall–Kier alpha value is -5.67. The molecule has 0 aliphatic heterocycles. The molecule has 0 fully saturated rings. The van der Waals surface area contributed by atoms with Crippen LogP contribution in [0.1, 0.15) is 167 Å². The molecule has 80 heavy (non-hydrogen) atoms. The highest BCUT2D eigenvalue weighted by Gasteiger charge is 2.26. The van der Waals surface area contributed by atoms with Crippen LogP contribution >= 0.6 is 0 Å². The van der Waals surface area contributed by atoms with E-state index < -0.39 is 97.0 Å². The number of Topliss-reactive ketones (excluding diaryl/α,β-unsaturated/α-hetero) is 2. The van der Waals surface area contributed by atoms with Crippen molar-refractivity contribution in [2.45, 2.75) is 185 Å². The number of hydrogen-bond acceptors (Lipinski definition) is 17. The zero-order chi connectivity index (χ0) is 59.6. The molecule has 0 heterocycles. The Morgan fingerprint density at radius 3 is 1.31 bits per heavy atom. The zero-order valence-electron chi connectivity index (χ0n) is 47.0. The van der Waals surface area contributed by atoms with E-state index in [0.717, 1.165) is 51.4 Å². The highest BCUT2D eigenvalue weighted by atomic mass is 16.5. The molecule has 0 bridgehead atoms. The van der Waals surface area contributed by atoms with E-state index in [2.05, 4.69) is 31.9 Å². The summed E-state index contributed by atoms with van der Waals surface area (Å²) in [6.45, 7) is -0.267. The van der Waals surface area contributed by atoms with E-state index in [0.29, 0.717) is 32.2 Å². The first kappa shape index (κ1) is 74.3. The summed E-state index contributed by atoms with van der Waals surface area (Å²) in [5.41, 5.74) is 0. The van der Waals surface area contributed by atoms with Gasteiger partial charge in [-0.1, -0.05) is 77.0 Å². The van der Waals surface area contributed by atoms with Crippen molar-refractivity contribution in [3.63, 3.8) is 0 Å². The van der Waals surface area contributed by atoms with Gasteiger partial charge in [-0.25, -0.2) is 9.59 Å². The van der Waals surface area contributed by atoms with Crippen LogP contribution in [0.2, 0.25) is 0 Å². The number of aliphatic hydroxyl groups excluding tert-OH is 1. The van der Waals surface area contributed by atoms with Gasteiger partial charge in [-0.2, -0.15) is 0 Å². The van der Waals surface area contributed by atoms with E-state index >= 15 is 0 Å². The van der Waals surface area contributed by atoms with Crippen LogP contribution in [0.25, 0.3) is 0 Å². The maximum atomic E-state index is 12.6. The molecule has 0 radical (unpaired) electrons. The number of carbonyl (C=O) groups is 11. The number of ketones is 2.